The lowest BCUT2D eigenvalue weighted by molar-refractivity contribution is 0.0727. The predicted octanol–water partition coefficient (Wildman–Crippen LogP) is 9.25. The van der Waals surface area contributed by atoms with Crippen LogP contribution in [-0.4, -0.2) is 20.6 Å². The molecule has 0 atom stereocenters. The Morgan fingerprint density at radius 3 is 1.29 bits per heavy atom. The van der Waals surface area contributed by atoms with Crippen LogP contribution in [0.15, 0.2) is 152 Å². The van der Waals surface area contributed by atoms with Crippen LogP contribution in [0, 0.1) is 0 Å². The van der Waals surface area contributed by atoms with Crippen molar-refractivity contribution < 1.29 is 22.8 Å². The van der Waals surface area contributed by atoms with Crippen molar-refractivity contribution in [1.29, 1.82) is 0 Å². The van der Waals surface area contributed by atoms with E-state index in [0.717, 1.165) is 67.9 Å². The Labute approximate surface area is 292 Å². The molecule has 4 aromatic heterocycles. The smallest absolute Gasteiger partial charge is 0.167 e. The number of aromatic nitrogens is 4. The van der Waals surface area contributed by atoms with Crippen molar-refractivity contribution in [3.63, 3.8) is 0 Å². The highest BCUT2D eigenvalue weighted by Crippen LogP contribution is 2.26. The van der Waals surface area contributed by atoms with Gasteiger partial charge in [-0.05, 0) is 24.3 Å². The van der Waals surface area contributed by atoms with Gasteiger partial charge in [-0.15, -0.1) is 0 Å². The summed E-state index contributed by atoms with van der Waals surface area (Å²) in [5.74, 6) is 2.70. The molecule has 0 aliphatic heterocycles. The number of anilines is 2. The number of hydrogen-bond acceptors (Lipinski definition) is 11. The highest BCUT2D eigenvalue weighted by atomic mass is 16.5. The summed E-state index contributed by atoms with van der Waals surface area (Å²) in [6, 6.07) is 43.3. The highest BCUT2D eigenvalue weighted by molar-refractivity contribution is 5.64. The molecule has 4 heterocycles. The van der Waals surface area contributed by atoms with Gasteiger partial charge >= 0.3 is 0 Å². The molecule has 0 aliphatic carbocycles. The molecule has 252 valence electrons. The molecule has 8 aromatic rings. The predicted molar refractivity (Wildman–Crippen MR) is 191 cm³/mol. The first-order valence-corrected chi connectivity index (χ1v) is 16.4. The monoisotopic (exact) mass is 676 g/mol. The topological polar surface area (TPSA) is 137 Å². The van der Waals surface area contributed by atoms with Crippen molar-refractivity contribution in [3.05, 3.63) is 156 Å². The molecule has 11 heteroatoms. The van der Waals surface area contributed by atoms with Gasteiger partial charge in [-0.25, -0.2) is 0 Å². The molecule has 8 rings (SSSR count). The lowest BCUT2D eigenvalue weighted by Crippen LogP contribution is -1.99. The van der Waals surface area contributed by atoms with Crippen molar-refractivity contribution >= 4 is 11.4 Å². The van der Waals surface area contributed by atoms with Gasteiger partial charge in [-0.3, -0.25) is 0 Å². The van der Waals surface area contributed by atoms with Crippen LogP contribution < -0.4 is 10.6 Å². The molecule has 0 saturated carbocycles. The maximum Gasteiger partial charge on any atom is 0.167 e. The van der Waals surface area contributed by atoms with Crippen molar-refractivity contribution in [2.75, 3.05) is 10.6 Å². The van der Waals surface area contributed by atoms with Crippen LogP contribution >= 0.6 is 0 Å². The molecule has 11 nitrogen and oxygen atoms in total. The van der Waals surface area contributed by atoms with E-state index in [2.05, 4.69) is 31.3 Å². The van der Waals surface area contributed by atoms with Gasteiger partial charge in [0.25, 0.3) is 0 Å². The minimum Gasteiger partial charge on any atom is -0.379 e. The largest absolute Gasteiger partial charge is 0.379 e. The Morgan fingerprint density at radius 2 is 0.863 bits per heavy atom. The molecule has 0 amide bonds. The fraction of sp³-hybridized carbons (Fsp3) is 0.100. The molecular formula is C40H32N6O5. The molecule has 0 aliphatic rings. The average molecular weight is 677 g/mol. The second-order valence-corrected chi connectivity index (χ2v) is 11.8. The minimum absolute atomic E-state index is 0.240. The summed E-state index contributed by atoms with van der Waals surface area (Å²) in [6.07, 6.45) is 0. The first-order valence-electron chi connectivity index (χ1n) is 16.4. The standard InChI is InChI=1S/C40H32N6O5/c1-3-7-29(8-4-1)39-19-33(43-50-39)23-41-31-15-11-27(12-16-31)37-21-35(48-45-37)25-47-26-36-22-38(46-49-36)28-13-17-32(18-14-28)42-24-34-20-40(51-44-34)30-9-5-2-6-10-30/h1-22,41-42H,23-26H2. The fourth-order valence-corrected chi connectivity index (χ4v) is 5.46. The van der Waals surface area contributed by atoms with Crippen molar-refractivity contribution in [2.24, 2.45) is 0 Å². The normalized spacial score (nSPS) is 11.1. The summed E-state index contributed by atoms with van der Waals surface area (Å²) in [5.41, 5.74) is 8.85. The van der Waals surface area contributed by atoms with Gasteiger partial charge < -0.3 is 33.5 Å². The molecular weight excluding hydrogens is 644 g/mol. The second-order valence-electron chi connectivity index (χ2n) is 11.8. The van der Waals surface area contributed by atoms with Gasteiger partial charge in [-0.1, -0.05) is 106 Å². The summed E-state index contributed by atoms with van der Waals surface area (Å²) < 4.78 is 27.8. The van der Waals surface area contributed by atoms with E-state index in [-0.39, 0.29) is 13.2 Å². The van der Waals surface area contributed by atoms with E-state index in [1.807, 2.05) is 133 Å². The summed E-state index contributed by atoms with van der Waals surface area (Å²) in [4.78, 5) is 0. The molecule has 2 N–H and O–H groups in total. The SMILES string of the molecule is c1ccc(-c2cc(CNc3ccc(-c4cc(COCc5cc(-c6ccc(NCc7cc(-c8ccccc8)on7)cc6)no5)on4)cc3)no2)cc1. The number of benzene rings is 4. The fourth-order valence-electron chi connectivity index (χ4n) is 5.46. The molecule has 0 unspecified atom stereocenters. The van der Waals surface area contributed by atoms with Gasteiger partial charge in [0.05, 0.1) is 13.1 Å². The molecule has 0 spiro atoms. The van der Waals surface area contributed by atoms with Gasteiger partial charge in [-0.2, -0.15) is 0 Å². The summed E-state index contributed by atoms with van der Waals surface area (Å²) in [6.45, 7) is 1.56. The quantitative estimate of drug-likeness (QED) is 0.114. The molecule has 0 saturated heterocycles. The second kappa shape index (κ2) is 14.8. The van der Waals surface area contributed by atoms with Crippen molar-refractivity contribution in [3.8, 4) is 45.2 Å². The number of hydrogen-bond donors (Lipinski definition) is 2. The van der Waals surface area contributed by atoms with Gasteiger partial charge in [0.1, 0.15) is 36.0 Å². The number of rotatable bonds is 14. The van der Waals surface area contributed by atoms with Crippen LogP contribution in [0.4, 0.5) is 11.4 Å². The number of nitrogens with zero attached hydrogens (tertiary/aromatic N) is 4. The van der Waals surface area contributed by atoms with Gasteiger partial charge in [0, 0.05) is 57.9 Å². The first kappa shape index (κ1) is 31.5. The van der Waals surface area contributed by atoms with Crippen LogP contribution in [0.2, 0.25) is 0 Å². The third-order valence-corrected chi connectivity index (χ3v) is 8.15. The third kappa shape index (κ3) is 7.79. The maximum absolute atomic E-state index is 5.84. The van der Waals surface area contributed by atoms with Crippen molar-refractivity contribution in [1.82, 2.24) is 20.6 Å². The van der Waals surface area contributed by atoms with Crippen LogP contribution in [-0.2, 0) is 31.0 Å². The molecule has 4 aromatic carbocycles. The number of ether oxygens (including phenoxy) is 1. The van der Waals surface area contributed by atoms with Crippen molar-refractivity contribution in [2.45, 2.75) is 26.3 Å². The van der Waals surface area contributed by atoms with E-state index in [1.165, 1.54) is 0 Å². The Morgan fingerprint density at radius 1 is 0.431 bits per heavy atom. The Bertz CT molecular complexity index is 2130. The lowest BCUT2D eigenvalue weighted by Gasteiger charge is -2.04. The van der Waals surface area contributed by atoms with Gasteiger partial charge in [0.2, 0.25) is 0 Å². The Hall–Kier alpha value is -6.72. The molecule has 51 heavy (non-hydrogen) atoms. The van der Waals surface area contributed by atoms with Crippen LogP contribution in [0.5, 0.6) is 0 Å². The summed E-state index contributed by atoms with van der Waals surface area (Å²) in [7, 11) is 0. The summed E-state index contributed by atoms with van der Waals surface area (Å²) >= 11 is 0. The molecule has 0 bridgehead atoms. The lowest BCUT2D eigenvalue weighted by atomic mass is 10.1. The highest BCUT2D eigenvalue weighted by Gasteiger charge is 2.12. The maximum atomic E-state index is 5.84. The van der Waals surface area contributed by atoms with E-state index in [9.17, 15) is 0 Å². The zero-order chi connectivity index (χ0) is 34.2. The average Bonchev–Trinajstić information content (AvgIpc) is 4.03. The summed E-state index contributed by atoms with van der Waals surface area (Å²) in [5, 5.41) is 23.5. The Kier molecular flexibility index (Phi) is 9.16. The Balaban J connectivity index is 0.782. The van der Waals surface area contributed by atoms with Crippen LogP contribution in [0.3, 0.4) is 0 Å². The van der Waals surface area contributed by atoms with Crippen LogP contribution in [0.1, 0.15) is 22.9 Å². The van der Waals surface area contributed by atoms with E-state index < -0.39 is 0 Å². The van der Waals surface area contributed by atoms with Gasteiger partial charge in [0.15, 0.2) is 23.0 Å². The number of nitrogens with one attached hydrogen (secondary N) is 2. The zero-order valence-electron chi connectivity index (χ0n) is 27.4. The third-order valence-electron chi connectivity index (χ3n) is 8.15. The zero-order valence-corrected chi connectivity index (χ0v) is 27.4. The van der Waals surface area contributed by atoms with E-state index in [0.29, 0.717) is 24.6 Å². The van der Waals surface area contributed by atoms with E-state index in [1.54, 1.807) is 0 Å². The molecule has 0 fully saturated rings. The molecule has 0 radical (unpaired) electrons. The van der Waals surface area contributed by atoms with E-state index >= 15 is 0 Å². The van der Waals surface area contributed by atoms with E-state index in [4.69, 9.17) is 22.8 Å². The van der Waals surface area contributed by atoms with Crippen LogP contribution in [0.25, 0.3) is 45.2 Å². The minimum atomic E-state index is 0.240. The first-order chi connectivity index (χ1) is 25.2.